The van der Waals surface area contributed by atoms with Crippen molar-refractivity contribution in [3.05, 3.63) is 79.6 Å². The van der Waals surface area contributed by atoms with E-state index < -0.39 is 17.2 Å². The standard InChI is InChI=1S/C17H13N3O5S2/c21-15-12-6-13(16(22)24-9-11-7-18-27-25-11)26-14(12)19-17(23)20(15)8-10-4-2-1-3-5-10/h1-7,18H,8-9H2,(H,19,23). The molecule has 4 rings (SSSR count). The van der Waals surface area contributed by atoms with E-state index in [1.807, 2.05) is 30.3 Å². The quantitative estimate of drug-likeness (QED) is 0.381. The van der Waals surface area contributed by atoms with Crippen LogP contribution in [0, 0.1) is 0 Å². The van der Waals surface area contributed by atoms with Gasteiger partial charge in [-0.05, 0) is 11.6 Å². The van der Waals surface area contributed by atoms with Crippen LogP contribution in [0.3, 0.4) is 0 Å². The van der Waals surface area contributed by atoms with Gasteiger partial charge in [-0.15, -0.1) is 11.3 Å². The molecule has 10 heteroatoms. The largest absolute Gasteiger partial charge is 0.453 e. The molecule has 1 aromatic carbocycles. The summed E-state index contributed by atoms with van der Waals surface area (Å²) >= 11 is 2.03. The van der Waals surface area contributed by atoms with Crippen LogP contribution in [0.4, 0.5) is 0 Å². The maximum Gasteiger partial charge on any atom is 0.348 e. The number of aromatic nitrogens is 2. The first-order chi connectivity index (χ1) is 13.1. The second-order valence-electron chi connectivity index (χ2n) is 5.63. The number of thiophene rings is 1. The lowest BCUT2D eigenvalue weighted by atomic mass is 10.2. The van der Waals surface area contributed by atoms with Gasteiger partial charge in [0, 0.05) is 0 Å². The lowest BCUT2D eigenvalue weighted by Gasteiger charge is -2.04. The van der Waals surface area contributed by atoms with E-state index in [0.29, 0.717) is 10.6 Å². The minimum Gasteiger partial charge on any atom is -0.453 e. The molecule has 138 valence electrons. The molecule has 27 heavy (non-hydrogen) atoms. The molecule has 2 aromatic heterocycles. The third-order valence-electron chi connectivity index (χ3n) is 3.82. The van der Waals surface area contributed by atoms with Crippen LogP contribution >= 0.6 is 23.6 Å². The van der Waals surface area contributed by atoms with Crippen molar-refractivity contribution < 1.29 is 13.7 Å². The number of carbonyl (C=O) groups is 1. The van der Waals surface area contributed by atoms with E-state index in [9.17, 15) is 14.4 Å². The maximum absolute atomic E-state index is 12.7. The summed E-state index contributed by atoms with van der Waals surface area (Å²) in [6, 6.07) is 10.6. The van der Waals surface area contributed by atoms with Gasteiger partial charge in [-0.2, -0.15) is 0 Å². The van der Waals surface area contributed by atoms with Crippen LogP contribution in [0.2, 0.25) is 0 Å². The first-order valence-electron chi connectivity index (χ1n) is 7.87. The van der Waals surface area contributed by atoms with Gasteiger partial charge in [0.2, 0.25) is 0 Å². The minimum atomic E-state index is -0.590. The fraction of sp³-hybridized carbons (Fsp3) is 0.118. The number of nitrogens with zero attached hydrogens (tertiary/aromatic N) is 1. The normalized spacial score (nSPS) is 13.1. The molecular weight excluding hydrogens is 390 g/mol. The van der Waals surface area contributed by atoms with Gasteiger partial charge >= 0.3 is 11.7 Å². The monoisotopic (exact) mass is 403 g/mol. The van der Waals surface area contributed by atoms with Gasteiger partial charge < -0.3 is 8.92 Å². The van der Waals surface area contributed by atoms with Crippen molar-refractivity contribution in [3.8, 4) is 0 Å². The topological polar surface area (TPSA) is 102 Å². The predicted molar refractivity (Wildman–Crippen MR) is 102 cm³/mol. The van der Waals surface area contributed by atoms with Crippen LogP contribution in [0.15, 0.2) is 57.9 Å². The van der Waals surface area contributed by atoms with E-state index in [2.05, 4.69) is 9.71 Å². The smallest absolute Gasteiger partial charge is 0.348 e. The molecule has 1 aliphatic heterocycles. The summed E-state index contributed by atoms with van der Waals surface area (Å²) in [4.78, 5) is 40.5. The van der Waals surface area contributed by atoms with Crippen molar-refractivity contribution in [2.24, 2.45) is 0 Å². The van der Waals surface area contributed by atoms with Gasteiger partial charge in [0.15, 0.2) is 24.6 Å². The van der Waals surface area contributed by atoms with Crippen LogP contribution in [0.25, 0.3) is 10.2 Å². The van der Waals surface area contributed by atoms with Crippen LogP contribution in [0.5, 0.6) is 0 Å². The van der Waals surface area contributed by atoms with Gasteiger partial charge in [-0.1, -0.05) is 30.3 Å². The lowest BCUT2D eigenvalue weighted by Crippen LogP contribution is -2.34. The van der Waals surface area contributed by atoms with Gasteiger partial charge in [-0.3, -0.25) is 19.1 Å². The van der Waals surface area contributed by atoms with Crippen molar-refractivity contribution in [2.75, 3.05) is 6.61 Å². The Hall–Kier alpha value is -2.98. The molecule has 1 aliphatic rings. The highest BCUT2D eigenvalue weighted by Gasteiger charge is 2.18. The van der Waals surface area contributed by atoms with E-state index in [-0.39, 0.29) is 23.4 Å². The average molecular weight is 403 g/mol. The number of nitrogens with one attached hydrogen (secondary N) is 2. The fourth-order valence-corrected chi connectivity index (χ4v) is 3.88. The molecule has 0 bridgehead atoms. The zero-order valence-electron chi connectivity index (χ0n) is 13.8. The Balaban J connectivity index is 1.62. The molecule has 0 atom stereocenters. The molecule has 0 aliphatic carbocycles. The highest BCUT2D eigenvalue weighted by Crippen LogP contribution is 2.22. The summed E-state index contributed by atoms with van der Waals surface area (Å²) in [7, 11) is 0. The number of fused-ring (bicyclic) bond motifs is 1. The van der Waals surface area contributed by atoms with Gasteiger partial charge in [0.25, 0.3) is 5.56 Å². The van der Waals surface area contributed by atoms with Crippen LogP contribution in [0.1, 0.15) is 15.2 Å². The van der Waals surface area contributed by atoms with E-state index in [4.69, 9.17) is 8.92 Å². The van der Waals surface area contributed by atoms with Crippen molar-refractivity contribution in [1.29, 1.82) is 0 Å². The summed E-state index contributed by atoms with van der Waals surface area (Å²) in [5, 5.41) is 0.274. The molecule has 0 saturated heterocycles. The number of benzene rings is 1. The number of rotatable bonds is 5. The zero-order chi connectivity index (χ0) is 18.8. The van der Waals surface area contributed by atoms with E-state index >= 15 is 0 Å². The fourth-order valence-electron chi connectivity index (χ4n) is 2.52. The second-order valence-corrected chi connectivity index (χ2v) is 7.25. The molecule has 3 aromatic rings. The predicted octanol–water partition coefficient (Wildman–Crippen LogP) is 1.98. The Bertz CT molecular complexity index is 1150. The van der Waals surface area contributed by atoms with Gasteiger partial charge in [-0.25, -0.2) is 9.59 Å². The van der Waals surface area contributed by atoms with Crippen molar-refractivity contribution >= 4 is 39.8 Å². The minimum absolute atomic E-state index is 0.0260. The Morgan fingerprint density at radius 2 is 2.04 bits per heavy atom. The number of H-pyrrole nitrogens is 1. The van der Waals surface area contributed by atoms with E-state index in [0.717, 1.165) is 33.7 Å². The Morgan fingerprint density at radius 1 is 1.22 bits per heavy atom. The van der Waals surface area contributed by atoms with Gasteiger partial charge in [0.05, 0.1) is 18.1 Å². The number of hydrogen-bond acceptors (Lipinski definition) is 8. The number of ether oxygens (including phenoxy) is 1. The zero-order valence-corrected chi connectivity index (χ0v) is 15.4. The Labute approximate surface area is 160 Å². The average Bonchev–Trinajstić information content (AvgIpc) is 3.34. The number of carbonyl (C=O) groups excluding carboxylic acids is 1. The molecule has 8 nitrogen and oxygen atoms in total. The van der Waals surface area contributed by atoms with Crippen LogP contribution in [-0.2, 0) is 15.5 Å². The summed E-state index contributed by atoms with van der Waals surface area (Å²) < 4.78 is 14.1. The van der Waals surface area contributed by atoms with Crippen LogP contribution < -0.4 is 16.0 Å². The van der Waals surface area contributed by atoms with Crippen molar-refractivity contribution in [2.45, 2.75) is 6.54 Å². The molecule has 0 saturated carbocycles. The first-order valence-corrected chi connectivity index (χ1v) is 9.43. The number of esters is 1. The molecule has 0 unspecified atom stereocenters. The molecule has 0 spiro atoms. The van der Waals surface area contributed by atoms with E-state index in [1.54, 1.807) is 6.20 Å². The summed E-state index contributed by atoms with van der Waals surface area (Å²) in [6.45, 7) is 0.124. The summed E-state index contributed by atoms with van der Waals surface area (Å²) in [5.41, 5.74) is -0.142. The van der Waals surface area contributed by atoms with Gasteiger partial charge in [0.1, 0.15) is 9.71 Å². The highest BCUT2D eigenvalue weighted by atomic mass is 32.2. The third kappa shape index (κ3) is 3.62. The molecule has 0 radical (unpaired) electrons. The number of hydrogen-bond donors (Lipinski definition) is 2. The summed E-state index contributed by atoms with van der Waals surface area (Å²) in [5.74, 6) is -0.111. The molecule has 0 amide bonds. The first kappa shape index (κ1) is 17.4. The molecular formula is C17H13N3O5S2. The Kier molecular flexibility index (Phi) is 4.73. The van der Waals surface area contributed by atoms with Crippen LogP contribution in [-0.4, -0.2) is 22.1 Å². The second kappa shape index (κ2) is 7.33. The van der Waals surface area contributed by atoms with E-state index in [1.165, 1.54) is 6.07 Å². The molecule has 0 fully saturated rings. The Morgan fingerprint density at radius 3 is 2.78 bits per heavy atom. The summed E-state index contributed by atoms with van der Waals surface area (Å²) in [6.07, 6.45) is 1.59. The van der Waals surface area contributed by atoms with Crippen molar-refractivity contribution in [3.63, 3.8) is 0 Å². The highest BCUT2D eigenvalue weighted by molar-refractivity contribution is 7.93. The third-order valence-corrected chi connectivity index (χ3v) is 5.36. The molecule has 2 N–H and O–H groups in total. The lowest BCUT2D eigenvalue weighted by molar-refractivity contribution is 0.0519. The maximum atomic E-state index is 12.7. The van der Waals surface area contributed by atoms with Crippen molar-refractivity contribution in [1.82, 2.24) is 14.3 Å². The molecule has 3 heterocycles. The SMILES string of the molecule is O=C(OCC1=CNSO1)c1cc2c(=O)n(Cc3ccccc3)c(=O)[nH]c2s1. The number of aromatic amines is 1.